The molecule has 0 saturated heterocycles. The first-order valence-corrected chi connectivity index (χ1v) is 13.7. The number of aliphatic hydroxyl groups excluding tert-OH is 1. The fourth-order valence-electron chi connectivity index (χ4n) is 7.81. The predicted octanol–water partition coefficient (Wildman–Crippen LogP) is 7.21. The van der Waals surface area contributed by atoms with Gasteiger partial charge in [0.15, 0.2) is 0 Å². The van der Waals surface area contributed by atoms with Gasteiger partial charge >= 0.3 is 5.97 Å². The summed E-state index contributed by atoms with van der Waals surface area (Å²) in [5.41, 5.74) is 4.10. The first-order chi connectivity index (χ1) is 17.5. The van der Waals surface area contributed by atoms with Gasteiger partial charge < -0.3 is 14.9 Å². The lowest BCUT2D eigenvalue weighted by molar-refractivity contribution is -0.00633. The predicted molar refractivity (Wildman–Crippen MR) is 143 cm³/mol. The van der Waals surface area contributed by atoms with Crippen molar-refractivity contribution < 1.29 is 19.7 Å². The summed E-state index contributed by atoms with van der Waals surface area (Å²) < 4.78 is 6.49. The number of aliphatic hydroxyl groups is 1. The van der Waals surface area contributed by atoms with Crippen molar-refractivity contribution in [2.45, 2.75) is 63.2 Å². The van der Waals surface area contributed by atoms with Gasteiger partial charge in [0.2, 0.25) is 0 Å². The summed E-state index contributed by atoms with van der Waals surface area (Å²) in [6.45, 7) is 0.939. The van der Waals surface area contributed by atoms with E-state index in [-0.39, 0.29) is 12.0 Å². The Kier molecular flexibility index (Phi) is 6.25. The van der Waals surface area contributed by atoms with E-state index in [1.54, 1.807) is 12.1 Å². The smallest absolute Gasteiger partial charge is 0.335 e. The van der Waals surface area contributed by atoms with Crippen molar-refractivity contribution in [1.29, 1.82) is 0 Å². The molecule has 4 heteroatoms. The zero-order valence-corrected chi connectivity index (χ0v) is 20.9. The van der Waals surface area contributed by atoms with Gasteiger partial charge in [-0.2, -0.15) is 0 Å². The van der Waals surface area contributed by atoms with E-state index in [0.717, 1.165) is 53.9 Å². The van der Waals surface area contributed by atoms with E-state index in [0.29, 0.717) is 12.2 Å². The summed E-state index contributed by atoms with van der Waals surface area (Å²) in [6.07, 6.45) is 10.9. The van der Waals surface area contributed by atoms with Crippen LogP contribution in [0, 0.1) is 17.8 Å². The number of benzene rings is 3. The van der Waals surface area contributed by atoms with Gasteiger partial charge in [0.05, 0.1) is 12.2 Å². The average Bonchev–Trinajstić information content (AvgIpc) is 2.87. The molecule has 36 heavy (non-hydrogen) atoms. The Morgan fingerprint density at radius 3 is 2.11 bits per heavy atom. The average molecular weight is 485 g/mol. The van der Waals surface area contributed by atoms with E-state index in [1.165, 1.54) is 54.9 Å². The molecule has 0 spiro atoms. The van der Waals surface area contributed by atoms with Gasteiger partial charge in [0.25, 0.3) is 0 Å². The highest BCUT2D eigenvalue weighted by Gasteiger charge is 2.52. The monoisotopic (exact) mass is 484 g/mol. The van der Waals surface area contributed by atoms with Gasteiger partial charge in [-0.3, -0.25) is 0 Å². The number of fused-ring (bicyclic) bond motifs is 1. The highest BCUT2D eigenvalue weighted by Crippen LogP contribution is 2.62. The van der Waals surface area contributed by atoms with Gasteiger partial charge in [-0.1, -0.05) is 24.3 Å². The largest absolute Gasteiger partial charge is 0.493 e. The number of aromatic carboxylic acids is 1. The molecule has 4 nitrogen and oxygen atoms in total. The van der Waals surface area contributed by atoms with Crippen molar-refractivity contribution in [3.05, 3.63) is 65.7 Å². The SMILES string of the molecule is O=C(O)c1ccc(-c2ccc3cc(OCCCCCO)c(C45CC6CC(CC(C6)C4)C5)cc3c2)cc1. The number of carboxylic acid groups (broad SMARTS) is 1. The summed E-state index contributed by atoms with van der Waals surface area (Å²) in [7, 11) is 0. The molecule has 3 aromatic rings. The Morgan fingerprint density at radius 2 is 1.47 bits per heavy atom. The second kappa shape index (κ2) is 9.55. The molecule has 4 fully saturated rings. The molecule has 2 N–H and O–H groups in total. The van der Waals surface area contributed by atoms with Crippen LogP contribution >= 0.6 is 0 Å². The van der Waals surface area contributed by atoms with Crippen molar-refractivity contribution in [3.8, 4) is 16.9 Å². The quantitative estimate of drug-likeness (QED) is 0.315. The zero-order chi connectivity index (χ0) is 24.7. The Morgan fingerprint density at radius 1 is 0.806 bits per heavy atom. The third kappa shape index (κ3) is 4.41. The molecule has 4 aliphatic carbocycles. The maximum Gasteiger partial charge on any atom is 0.335 e. The molecule has 0 radical (unpaired) electrons. The Labute approximate surface area is 213 Å². The molecule has 4 saturated carbocycles. The lowest BCUT2D eigenvalue weighted by Gasteiger charge is -2.57. The number of unbranched alkanes of at least 4 members (excludes halogenated alkanes) is 2. The summed E-state index contributed by atoms with van der Waals surface area (Å²) in [5, 5.41) is 20.8. The number of carbonyl (C=O) groups is 1. The van der Waals surface area contributed by atoms with Crippen LogP contribution in [0.3, 0.4) is 0 Å². The van der Waals surface area contributed by atoms with E-state index >= 15 is 0 Å². The van der Waals surface area contributed by atoms with Crippen LogP contribution in [0.25, 0.3) is 21.9 Å². The maximum atomic E-state index is 11.3. The van der Waals surface area contributed by atoms with Gasteiger partial charge in [-0.15, -0.1) is 0 Å². The van der Waals surface area contributed by atoms with Crippen molar-refractivity contribution in [3.63, 3.8) is 0 Å². The lowest BCUT2D eigenvalue weighted by Crippen LogP contribution is -2.48. The molecule has 4 aliphatic rings. The fraction of sp³-hybridized carbons (Fsp3) is 0.469. The van der Waals surface area contributed by atoms with Crippen LogP contribution in [-0.4, -0.2) is 29.4 Å². The molecule has 7 rings (SSSR count). The number of ether oxygens (including phenoxy) is 1. The zero-order valence-electron chi connectivity index (χ0n) is 20.9. The second-order valence-corrected chi connectivity index (χ2v) is 11.6. The fourth-order valence-corrected chi connectivity index (χ4v) is 7.81. The molecular weight excluding hydrogens is 448 g/mol. The minimum atomic E-state index is -0.899. The summed E-state index contributed by atoms with van der Waals surface area (Å²) >= 11 is 0. The third-order valence-electron chi connectivity index (χ3n) is 9.07. The Hall–Kier alpha value is -2.85. The molecular formula is C32H36O4. The summed E-state index contributed by atoms with van der Waals surface area (Å²) in [4.78, 5) is 11.3. The van der Waals surface area contributed by atoms with Crippen LogP contribution < -0.4 is 4.74 Å². The van der Waals surface area contributed by atoms with Gasteiger partial charge in [0, 0.05) is 12.2 Å². The molecule has 0 aliphatic heterocycles. The van der Waals surface area contributed by atoms with Gasteiger partial charge in [-0.25, -0.2) is 4.79 Å². The number of hydrogen-bond donors (Lipinski definition) is 2. The highest BCUT2D eigenvalue weighted by molar-refractivity contribution is 5.91. The molecule has 0 heterocycles. The molecule has 3 aromatic carbocycles. The van der Waals surface area contributed by atoms with Gasteiger partial charge in [-0.05, 0) is 133 Å². The van der Waals surface area contributed by atoms with Crippen LogP contribution in [0.15, 0.2) is 54.6 Å². The van der Waals surface area contributed by atoms with E-state index in [4.69, 9.17) is 9.84 Å². The van der Waals surface area contributed by atoms with Crippen molar-refractivity contribution >= 4 is 16.7 Å². The van der Waals surface area contributed by atoms with Crippen LogP contribution in [0.5, 0.6) is 5.75 Å². The maximum absolute atomic E-state index is 11.3. The summed E-state index contributed by atoms with van der Waals surface area (Å²) in [6, 6.07) is 18.4. The molecule has 0 aromatic heterocycles. The molecule has 0 amide bonds. The first-order valence-electron chi connectivity index (χ1n) is 13.7. The molecule has 0 unspecified atom stereocenters. The number of carboxylic acids is 1. The van der Waals surface area contributed by atoms with Crippen LogP contribution in [0.2, 0.25) is 0 Å². The Bertz CT molecular complexity index is 1220. The third-order valence-corrected chi connectivity index (χ3v) is 9.07. The van der Waals surface area contributed by atoms with E-state index in [9.17, 15) is 9.90 Å². The number of rotatable bonds is 9. The second-order valence-electron chi connectivity index (χ2n) is 11.6. The minimum absolute atomic E-state index is 0.239. The Balaban J connectivity index is 1.38. The molecule has 0 atom stereocenters. The highest BCUT2D eigenvalue weighted by atomic mass is 16.5. The number of hydrogen-bond acceptors (Lipinski definition) is 3. The van der Waals surface area contributed by atoms with Crippen molar-refractivity contribution in [2.75, 3.05) is 13.2 Å². The van der Waals surface area contributed by atoms with Crippen LogP contribution in [-0.2, 0) is 5.41 Å². The molecule has 188 valence electrons. The van der Waals surface area contributed by atoms with E-state index in [2.05, 4.69) is 30.3 Å². The standard InChI is InChI=1S/C32H36O4/c33-10-2-1-3-11-36-30-17-27-9-8-26(24-4-6-25(7-5-24)31(34)35)15-28(27)16-29(30)32-18-21-12-22(19-32)14-23(13-21)20-32/h4-9,15-17,21-23,33H,1-3,10-14,18-20H2,(H,34,35). The van der Waals surface area contributed by atoms with E-state index in [1.807, 2.05) is 12.1 Å². The van der Waals surface area contributed by atoms with Crippen molar-refractivity contribution in [2.24, 2.45) is 17.8 Å². The van der Waals surface area contributed by atoms with Crippen molar-refractivity contribution in [1.82, 2.24) is 0 Å². The van der Waals surface area contributed by atoms with E-state index < -0.39 is 5.97 Å². The topological polar surface area (TPSA) is 66.8 Å². The first kappa shape index (κ1) is 23.5. The minimum Gasteiger partial charge on any atom is -0.493 e. The molecule has 4 bridgehead atoms. The van der Waals surface area contributed by atoms with Crippen LogP contribution in [0.4, 0.5) is 0 Å². The summed E-state index contributed by atoms with van der Waals surface area (Å²) in [5.74, 6) is 2.76. The normalized spacial score (nSPS) is 26.4. The van der Waals surface area contributed by atoms with Gasteiger partial charge in [0.1, 0.15) is 5.75 Å². The lowest BCUT2D eigenvalue weighted by atomic mass is 9.48. The van der Waals surface area contributed by atoms with Crippen LogP contribution in [0.1, 0.15) is 73.7 Å².